The first-order chi connectivity index (χ1) is 5.08. The van der Waals surface area contributed by atoms with E-state index >= 15 is 0 Å². The summed E-state index contributed by atoms with van der Waals surface area (Å²) in [6.45, 7) is 3.77. The van der Waals surface area contributed by atoms with Crippen molar-refractivity contribution in [2.75, 3.05) is 27.2 Å². The van der Waals surface area contributed by atoms with E-state index in [1.807, 2.05) is 14.0 Å². The number of hydrogen-bond acceptors (Lipinski definition) is 3. The second kappa shape index (κ2) is 2.81. The molecule has 1 rings (SSSR count). The van der Waals surface area contributed by atoms with E-state index in [9.17, 15) is 4.79 Å². The number of carbonyl (C=O) groups is 1. The maximum absolute atomic E-state index is 11.2. The summed E-state index contributed by atoms with van der Waals surface area (Å²) in [5.41, 5.74) is -0.260. The van der Waals surface area contributed by atoms with Gasteiger partial charge in [-0.1, -0.05) is 0 Å². The highest BCUT2D eigenvalue weighted by molar-refractivity contribution is 5.76. The largest absolute Gasteiger partial charge is 0.469 e. The average Bonchev–Trinajstić information content (AvgIpc) is 2.31. The summed E-state index contributed by atoms with van der Waals surface area (Å²) in [4.78, 5) is 13.4. The van der Waals surface area contributed by atoms with Crippen LogP contribution in [0, 0.1) is 5.41 Å². The minimum absolute atomic E-state index is 0.0816. The van der Waals surface area contributed by atoms with Crippen molar-refractivity contribution in [3.05, 3.63) is 0 Å². The van der Waals surface area contributed by atoms with Crippen molar-refractivity contribution < 1.29 is 9.53 Å². The molecule has 64 valence electrons. The van der Waals surface area contributed by atoms with Crippen LogP contribution in [0.3, 0.4) is 0 Å². The lowest BCUT2D eigenvalue weighted by molar-refractivity contribution is -0.150. The van der Waals surface area contributed by atoms with Crippen LogP contribution in [0.1, 0.15) is 13.3 Å². The minimum Gasteiger partial charge on any atom is -0.469 e. The second-order valence-corrected chi connectivity index (χ2v) is 3.54. The van der Waals surface area contributed by atoms with Crippen molar-refractivity contribution in [3.8, 4) is 0 Å². The van der Waals surface area contributed by atoms with Gasteiger partial charge in [0.15, 0.2) is 0 Å². The van der Waals surface area contributed by atoms with Gasteiger partial charge in [0.2, 0.25) is 0 Å². The Kier molecular flexibility index (Phi) is 2.18. The molecule has 0 saturated carbocycles. The van der Waals surface area contributed by atoms with Gasteiger partial charge < -0.3 is 9.64 Å². The number of esters is 1. The molecule has 0 bridgehead atoms. The zero-order valence-electron chi connectivity index (χ0n) is 7.39. The number of likely N-dealkylation sites (tertiary alicyclic amines) is 1. The molecule has 0 radical (unpaired) electrons. The third-order valence-corrected chi connectivity index (χ3v) is 2.34. The number of ether oxygens (including phenoxy) is 1. The lowest BCUT2D eigenvalue weighted by Gasteiger charge is -2.19. The van der Waals surface area contributed by atoms with E-state index in [-0.39, 0.29) is 11.4 Å². The van der Waals surface area contributed by atoms with Gasteiger partial charge in [-0.15, -0.1) is 0 Å². The summed E-state index contributed by atoms with van der Waals surface area (Å²) >= 11 is 0. The lowest BCUT2D eigenvalue weighted by Crippen LogP contribution is -2.31. The number of hydrogen-bond donors (Lipinski definition) is 0. The monoisotopic (exact) mass is 157 g/mol. The predicted molar refractivity (Wildman–Crippen MR) is 42.2 cm³/mol. The summed E-state index contributed by atoms with van der Waals surface area (Å²) in [6.07, 6.45) is 0.913. The zero-order chi connectivity index (χ0) is 8.48. The molecule has 1 heterocycles. The van der Waals surface area contributed by atoms with E-state index in [2.05, 4.69) is 4.90 Å². The highest BCUT2D eigenvalue weighted by atomic mass is 16.5. The van der Waals surface area contributed by atoms with Crippen molar-refractivity contribution >= 4 is 5.97 Å². The van der Waals surface area contributed by atoms with Gasteiger partial charge >= 0.3 is 5.97 Å². The fraction of sp³-hybridized carbons (Fsp3) is 0.875. The second-order valence-electron chi connectivity index (χ2n) is 3.54. The van der Waals surface area contributed by atoms with Crippen molar-refractivity contribution in [1.29, 1.82) is 0 Å². The Balaban J connectivity index is 2.61. The van der Waals surface area contributed by atoms with Crippen molar-refractivity contribution in [2.24, 2.45) is 5.41 Å². The van der Waals surface area contributed by atoms with Gasteiger partial charge in [-0.05, 0) is 26.9 Å². The van der Waals surface area contributed by atoms with Crippen LogP contribution in [0.15, 0.2) is 0 Å². The van der Waals surface area contributed by atoms with Gasteiger partial charge in [0.05, 0.1) is 12.5 Å². The van der Waals surface area contributed by atoms with E-state index in [0.717, 1.165) is 19.5 Å². The molecular formula is C8H15NO2. The van der Waals surface area contributed by atoms with Crippen LogP contribution in [0.2, 0.25) is 0 Å². The summed E-state index contributed by atoms with van der Waals surface area (Å²) in [6, 6.07) is 0. The Morgan fingerprint density at radius 2 is 2.27 bits per heavy atom. The van der Waals surface area contributed by atoms with E-state index in [1.54, 1.807) is 0 Å². The number of nitrogens with zero attached hydrogens (tertiary/aromatic N) is 1. The normalized spacial score (nSPS) is 32.3. The van der Waals surface area contributed by atoms with Crippen LogP contribution in [-0.4, -0.2) is 38.1 Å². The molecule has 0 aliphatic carbocycles. The van der Waals surface area contributed by atoms with Crippen LogP contribution >= 0.6 is 0 Å². The van der Waals surface area contributed by atoms with Crippen molar-refractivity contribution in [2.45, 2.75) is 13.3 Å². The first kappa shape index (κ1) is 8.53. The quantitative estimate of drug-likeness (QED) is 0.519. The van der Waals surface area contributed by atoms with Crippen LogP contribution in [0.5, 0.6) is 0 Å². The molecule has 3 heteroatoms. The van der Waals surface area contributed by atoms with E-state index < -0.39 is 0 Å². The average molecular weight is 157 g/mol. The molecule has 1 aliphatic heterocycles. The lowest BCUT2D eigenvalue weighted by atomic mass is 9.90. The fourth-order valence-electron chi connectivity index (χ4n) is 1.60. The highest BCUT2D eigenvalue weighted by Crippen LogP contribution is 2.29. The molecule has 0 N–H and O–H groups in total. The smallest absolute Gasteiger partial charge is 0.312 e. The van der Waals surface area contributed by atoms with Gasteiger partial charge in [0.1, 0.15) is 0 Å². The zero-order valence-corrected chi connectivity index (χ0v) is 7.39. The molecule has 1 atom stereocenters. The molecule has 1 saturated heterocycles. The molecule has 11 heavy (non-hydrogen) atoms. The molecule has 0 unspecified atom stereocenters. The van der Waals surface area contributed by atoms with Crippen LogP contribution < -0.4 is 0 Å². The van der Waals surface area contributed by atoms with Crippen molar-refractivity contribution in [3.63, 3.8) is 0 Å². The third-order valence-electron chi connectivity index (χ3n) is 2.34. The molecule has 0 aromatic rings. The number of rotatable bonds is 1. The maximum atomic E-state index is 11.2. The topological polar surface area (TPSA) is 29.5 Å². The van der Waals surface area contributed by atoms with Crippen molar-refractivity contribution in [1.82, 2.24) is 4.90 Å². The molecule has 3 nitrogen and oxygen atoms in total. The predicted octanol–water partition coefficient (Wildman–Crippen LogP) is 0.501. The Morgan fingerprint density at radius 1 is 1.64 bits per heavy atom. The molecule has 1 fully saturated rings. The Bertz CT molecular complexity index is 169. The summed E-state index contributed by atoms with van der Waals surface area (Å²) in [7, 11) is 3.47. The molecule has 0 amide bonds. The molecule has 0 aromatic carbocycles. The van der Waals surface area contributed by atoms with Gasteiger partial charge in [0.25, 0.3) is 0 Å². The third kappa shape index (κ3) is 1.53. The van der Waals surface area contributed by atoms with Crippen LogP contribution in [0.4, 0.5) is 0 Å². The summed E-state index contributed by atoms with van der Waals surface area (Å²) in [5, 5.41) is 0. The standard InChI is InChI=1S/C8H15NO2/c1-8(7(10)11-3)4-5-9(2)6-8/h4-6H2,1-3H3/t8-/m1/s1. The molecule has 1 aliphatic rings. The summed E-state index contributed by atoms with van der Waals surface area (Å²) in [5.74, 6) is -0.0816. The molecular weight excluding hydrogens is 142 g/mol. The maximum Gasteiger partial charge on any atom is 0.312 e. The first-order valence-electron chi connectivity index (χ1n) is 3.85. The number of methoxy groups -OCH3 is 1. The van der Waals surface area contributed by atoms with E-state index in [4.69, 9.17) is 4.74 Å². The molecule has 0 aromatic heterocycles. The minimum atomic E-state index is -0.260. The van der Waals surface area contributed by atoms with E-state index in [0.29, 0.717) is 0 Å². The highest BCUT2D eigenvalue weighted by Gasteiger charge is 2.39. The van der Waals surface area contributed by atoms with Crippen LogP contribution in [0.25, 0.3) is 0 Å². The van der Waals surface area contributed by atoms with Gasteiger partial charge in [-0.2, -0.15) is 0 Å². The van der Waals surface area contributed by atoms with Gasteiger partial charge in [0, 0.05) is 6.54 Å². The Labute approximate surface area is 67.3 Å². The first-order valence-corrected chi connectivity index (χ1v) is 3.85. The fourth-order valence-corrected chi connectivity index (χ4v) is 1.60. The van der Waals surface area contributed by atoms with Gasteiger partial charge in [-0.25, -0.2) is 0 Å². The van der Waals surface area contributed by atoms with Gasteiger partial charge in [-0.3, -0.25) is 4.79 Å². The molecule has 0 spiro atoms. The summed E-state index contributed by atoms with van der Waals surface area (Å²) < 4.78 is 4.72. The Morgan fingerprint density at radius 3 is 2.64 bits per heavy atom. The van der Waals surface area contributed by atoms with Crippen LogP contribution in [-0.2, 0) is 9.53 Å². The SMILES string of the molecule is COC(=O)[C@]1(C)CCN(C)C1. The van der Waals surface area contributed by atoms with E-state index in [1.165, 1.54) is 7.11 Å². The Hall–Kier alpha value is -0.570. The number of carbonyl (C=O) groups excluding carboxylic acids is 1.